The third kappa shape index (κ3) is 2.32. The number of para-hydroxylation sites is 1. The fourth-order valence-corrected chi connectivity index (χ4v) is 2.83. The van der Waals surface area contributed by atoms with Crippen molar-refractivity contribution in [3.8, 4) is 11.6 Å². The van der Waals surface area contributed by atoms with E-state index in [9.17, 15) is 9.90 Å². The summed E-state index contributed by atoms with van der Waals surface area (Å²) in [6.45, 7) is 0. The number of aromatic hydroxyl groups is 1. The molecule has 0 aliphatic heterocycles. The Kier molecular flexibility index (Phi) is 3.05. The van der Waals surface area contributed by atoms with Gasteiger partial charge in [-0.25, -0.2) is 9.36 Å². The maximum atomic E-state index is 12.2. The molecule has 0 fully saturated rings. The zero-order chi connectivity index (χ0) is 15.8. The molecule has 5 nitrogen and oxygen atoms in total. The van der Waals surface area contributed by atoms with Crippen molar-refractivity contribution in [1.82, 2.24) is 14.5 Å². The maximum Gasteiger partial charge on any atom is 0.333 e. The lowest BCUT2D eigenvalue weighted by Crippen LogP contribution is -2.14. The molecule has 0 bridgehead atoms. The van der Waals surface area contributed by atoms with Gasteiger partial charge in [0, 0.05) is 18.1 Å². The van der Waals surface area contributed by atoms with Crippen molar-refractivity contribution in [3.05, 3.63) is 82.5 Å². The highest BCUT2D eigenvalue weighted by Gasteiger charge is 2.14. The molecule has 2 aromatic heterocycles. The fourth-order valence-electron chi connectivity index (χ4n) is 2.83. The van der Waals surface area contributed by atoms with Crippen LogP contribution in [0.3, 0.4) is 0 Å². The highest BCUT2D eigenvalue weighted by Crippen LogP contribution is 2.22. The molecule has 0 saturated carbocycles. The van der Waals surface area contributed by atoms with Gasteiger partial charge < -0.3 is 15.1 Å². The van der Waals surface area contributed by atoms with E-state index in [-0.39, 0.29) is 11.6 Å². The Morgan fingerprint density at radius 1 is 1.04 bits per heavy atom. The number of hydrogen-bond donors (Lipinski definition) is 3. The number of imidazole rings is 1. The predicted molar refractivity (Wildman–Crippen MR) is 89.2 cm³/mol. The number of nitrogens with one attached hydrogen (secondary N) is 2. The molecule has 0 spiro atoms. The van der Waals surface area contributed by atoms with Crippen LogP contribution in [0.15, 0.2) is 65.6 Å². The van der Waals surface area contributed by atoms with Crippen molar-refractivity contribution in [2.24, 2.45) is 0 Å². The zero-order valence-electron chi connectivity index (χ0n) is 12.3. The summed E-state index contributed by atoms with van der Waals surface area (Å²) in [5.74, 6) is -0.0460. The lowest BCUT2D eigenvalue weighted by molar-refractivity contribution is 0.435. The number of H-pyrrole nitrogens is 2. The molecule has 0 unspecified atom stereocenters. The third-order valence-electron chi connectivity index (χ3n) is 3.96. The molecule has 23 heavy (non-hydrogen) atoms. The Morgan fingerprint density at radius 3 is 2.70 bits per heavy atom. The average molecular weight is 305 g/mol. The summed E-state index contributed by atoms with van der Waals surface area (Å²) in [4.78, 5) is 18.1. The van der Waals surface area contributed by atoms with Gasteiger partial charge in [0.15, 0.2) is 0 Å². The molecular weight excluding hydrogens is 290 g/mol. The monoisotopic (exact) mass is 305 g/mol. The van der Waals surface area contributed by atoms with E-state index in [0.717, 1.165) is 16.5 Å². The highest BCUT2D eigenvalue weighted by molar-refractivity contribution is 5.80. The molecule has 0 amide bonds. The first-order chi connectivity index (χ1) is 11.2. The van der Waals surface area contributed by atoms with Gasteiger partial charge in [-0.05, 0) is 41.3 Å². The molecule has 2 aromatic carbocycles. The summed E-state index contributed by atoms with van der Waals surface area (Å²) < 4.78 is 1.28. The Bertz CT molecular complexity index is 1030. The highest BCUT2D eigenvalue weighted by atomic mass is 16.3. The van der Waals surface area contributed by atoms with E-state index in [1.165, 1.54) is 4.57 Å². The van der Waals surface area contributed by atoms with Crippen LogP contribution in [-0.2, 0) is 6.42 Å². The minimum Gasteiger partial charge on any atom is -0.493 e. The lowest BCUT2D eigenvalue weighted by atomic mass is 10.1. The summed E-state index contributed by atoms with van der Waals surface area (Å²) in [5, 5.41) is 11.5. The Morgan fingerprint density at radius 2 is 1.87 bits per heavy atom. The van der Waals surface area contributed by atoms with Gasteiger partial charge in [0.2, 0.25) is 5.88 Å². The van der Waals surface area contributed by atoms with Crippen LogP contribution in [0, 0.1) is 0 Å². The van der Waals surface area contributed by atoms with E-state index in [4.69, 9.17) is 0 Å². The summed E-state index contributed by atoms with van der Waals surface area (Å²) >= 11 is 0. The second-order valence-corrected chi connectivity index (χ2v) is 5.48. The van der Waals surface area contributed by atoms with Gasteiger partial charge in [-0.15, -0.1) is 0 Å². The Labute approximate surface area is 131 Å². The summed E-state index contributed by atoms with van der Waals surface area (Å²) in [6.07, 6.45) is 2.35. The van der Waals surface area contributed by atoms with Gasteiger partial charge in [0.25, 0.3) is 0 Å². The summed E-state index contributed by atoms with van der Waals surface area (Å²) in [5.41, 5.74) is 2.89. The zero-order valence-corrected chi connectivity index (χ0v) is 12.3. The van der Waals surface area contributed by atoms with Crippen LogP contribution in [0.5, 0.6) is 5.88 Å². The van der Waals surface area contributed by atoms with Crippen molar-refractivity contribution in [2.45, 2.75) is 6.42 Å². The first-order valence-electron chi connectivity index (χ1n) is 7.37. The molecule has 0 aliphatic carbocycles. The number of fused-ring (bicyclic) bond motifs is 1. The van der Waals surface area contributed by atoms with Gasteiger partial charge in [0.05, 0.1) is 11.4 Å². The third-order valence-corrected chi connectivity index (χ3v) is 3.96. The molecule has 4 rings (SSSR count). The minimum atomic E-state index is -0.341. The van der Waals surface area contributed by atoms with Gasteiger partial charge in [-0.1, -0.05) is 24.3 Å². The van der Waals surface area contributed by atoms with Crippen molar-refractivity contribution < 1.29 is 5.11 Å². The topological polar surface area (TPSA) is 73.8 Å². The van der Waals surface area contributed by atoms with E-state index < -0.39 is 0 Å². The standard InChI is InChI=1S/C18H15N3O2/c22-17-16(11-12-6-7-15-13(10-12)8-9-19-15)20-18(23)21(17)14-4-2-1-3-5-14/h1-10,19,22H,11H2,(H,20,23). The molecule has 114 valence electrons. The second kappa shape index (κ2) is 5.21. The minimum absolute atomic E-state index is 0.0460. The molecule has 5 heteroatoms. The van der Waals surface area contributed by atoms with Gasteiger partial charge >= 0.3 is 5.69 Å². The van der Waals surface area contributed by atoms with Crippen LogP contribution in [0.4, 0.5) is 0 Å². The molecule has 2 heterocycles. The number of hydrogen-bond acceptors (Lipinski definition) is 2. The summed E-state index contributed by atoms with van der Waals surface area (Å²) in [7, 11) is 0. The van der Waals surface area contributed by atoms with Crippen LogP contribution in [0.25, 0.3) is 16.6 Å². The predicted octanol–water partition coefficient (Wildman–Crippen LogP) is 2.94. The molecule has 0 radical (unpaired) electrons. The van der Waals surface area contributed by atoms with Gasteiger partial charge in [-0.3, -0.25) is 0 Å². The number of nitrogens with zero attached hydrogens (tertiary/aromatic N) is 1. The average Bonchev–Trinajstić information content (AvgIpc) is 3.13. The number of rotatable bonds is 3. The molecule has 0 atom stereocenters. The van der Waals surface area contributed by atoms with Crippen LogP contribution < -0.4 is 5.69 Å². The van der Waals surface area contributed by atoms with Crippen LogP contribution >= 0.6 is 0 Å². The van der Waals surface area contributed by atoms with E-state index in [0.29, 0.717) is 17.8 Å². The van der Waals surface area contributed by atoms with Crippen molar-refractivity contribution in [2.75, 3.05) is 0 Å². The van der Waals surface area contributed by atoms with Crippen molar-refractivity contribution in [3.63, 3.8) is 0 Å². The Hall–Kier alpha value is -3.21. The van der Waals surface area contributed by atoms with Gasteiger partial charge in [0.1, 0.15) is 0 Å². The first-order valence-corrected chi connectivity index (χ1v) is 7.37. The molecule has 3 N–H and O–H groups in total. The maximum absolute atomic E-state index is 12.2. The van der Waals surface area contributed by atoms with Crippen LogP contribution in [0.1, 0.15) is 11.3 Å². The van der Waals surface area contributed by atoms with Crippen LogP contribution in [-0.4, -0.2) is 19.6 Å². The van der Waals surface area contributed by atoms with E-state index in [2.05, 4.69) is 9.97 Å². The Balaban J connectivity index is 1.74. The largest absolute Gasteiger partial charge is 0.493 e. The van der Waals surface area contributed by atoms with Crippen molar-refractivity contribution >= 4 is 10.9 Å². The summed E-state index contributed by atoms with van der Waals surface area (Å²) in [6, 6.07) is 17.1. The molecule has 0 aliphatic rings. The van der Waals surface area contributed by atoms with E-state index >= 15 is 0 Å². The normalized spacial score (nSPS) is 11.1. The number of aromatic nitrogens is 3. The SMILES string of the molecule is O=c1[nH]c(Cc2ccc3[nH]ccc3c2)c(O)n1-c1ccccc1. The van der Waals surface area contributed by atoms with E-state index in [1.807, 2.05) is 48.7 Å². The smallest absolute Gasteiger partial charge is 0.333 e. The molecule has 0 saturated heterocycles. The second-order valence-electron chi connectivity index (χ2n) is 5.48. The van der Waals surface area contributed by atoms with Crippen LogP contribution in [0.2, 0.25) is 0 Å². The van der Waals surface area contributed by atoms with Gasteiger partial charge in [-0.2, -0.15) is 0 Å². The fraction of sp³-hybridized carbons (Fsp3) is 0.0556. The quantitative estimate of drug-likeness (QED) is 0.544. The number of benzene rings is 2. The van der Waals surface area contributed by atoms with E-state index in [1.54, 1.807) is 12.1 Å². The number of aromatic amines is 2. The molecular formula is C18H15N3O2. The first kappa shape index (κ1) is 13.5. The lowest BCUT2D eigenvalue weighted by Gasteiger charge is -2.04. The molecule has 4 aromatic rings. The van der Waals surface area contributed by atoms with Crippen molar-refractivity contribution in [1.29, 1.82) is 0 Å².